The topological polar surface area (TPSA) is 91.1 Å². The molecular weight excluding hydrogens is 372 g/mol. The van der Waals surface area contributed by atoms with E-state index in [4.69, 9.17) is 9.15 Å². The predicted octanol–water partition coefficient (Wildman–Crippen LogP) is 1.64. The fraction of sp³-hybridized carbons (Fsp3) is 0.810. The molecule has 164 valence electrons. The number of oxazole rings is 1. The van der Waals surface area contributed by atoms with Gasteiger partial charge in [-0.05, 0) is 26.7 Å². The number of carbonyl (C=O) groups excluding carboxylic acids is 1. The van der Waals surface area contributed by atoms with Gasteiger partial charge in [-0.15, -0.1) is 0 Å². The van der Waals surface area contributed by atoms with Crippen molar-refractivity contribution < 1.29 is 19.1 Å². The molecule has 0 radical (unpaired) electrons. The van der Waals surface area contributed by atoms with Gasteiger partial charge in [-0.2, -0.15) is 0 Å². The summed E-state index contributed by atoms with van der Waals surface area (Å²) in [6.45, 7) is 9.07. The summed E-state index contributed by atoms with van der Waals surface area (Å²) in [5, 5.41) is 13.2. The van der Waals surface area contributed by atoms with E-state index in [1.807, 2.05) is 13.8 Å². The number of aliphatic hydroxyl groups excluding tert-OH is 1. The van der Waals surface area contributed by atoms with Crippen LogP contribution >= 0.6 is 0 Å². The summed E-state index contributed by atoms with van der Waals surface area (Å²) < 4.78 is 11.0. The van der Waals surface area contributed by atoms with Crippen molar-refractivity contribution in [2.45, 2.75) is 70.7 Å². The van der Waals surface area contributed by atoms with E-state index in [-0.39, 0.29) is 18.1 Å². The van der Waals surface area contributed by atoms with Gasteiger partial charge in [-0.25, -0.2) is 4.98 Å². The van der Waals surface area contributed by atoms with Crippen LogP contribution in [0, 0.1) is 0 Å². The molecule has 1 saturated heterocycles. The lowest BCUT2D eigenvalue weighted by Crippen LogP contribution is -2.48. The van der Waals surface area contributed by atoms with E-state index < -0.39 is 6.10 Å². The maximum absolute atomic E-state index is 12.4. The Balaban J connectivity index is 1.38. The SMILES string of the molecule is CC(C)OC[C@H](O)CN1CCN(Cc2nc(C(=O)NC3CCCCC3)co2)CC1. The standard InChI is InChI=1S/C21H36N4O4/c1-16(2)28-14-18(26)12-24-8-10-25(11-9-24)13-20-23-19(15-29-20)21(27)22-17-6-4-3-5-7-17/h15-18,26H,3-14H2,1-2H3,(H,22,27)/t18-/m1/s1. The van der Waals surface area contributed by atoms with Gasteiger partial charge in [0.05, 0.1) is 25.4 Å². The van der Waals surface area contributed by atoms with E-state index in [0.717, 1.165) is 39.0 Å². The molecule has 0 aromatic carbocycles. The average Bonchev–Trinajstić information content (AvgIpc) is 3.17. The Kier molecular flexibility index (Phi) is 8.47. The maximum atomic E-state index is 12.4. The number of hydrogen-bond acceptors (Lipinski definition) is 7. The number of nitrogens with one attached hydrogen (secondary N) is 1. The van der Waals surface area contributed by atoms with Crippen molar-refractivity contribution in [1.29, 1.82) is 0 Å². The second-order valence-corrected chi connectivity index (χ2v) is 8.55. The van der Waals surface area contributed by atoms with Crippen LogP contribution in [0.15, 0.2) is 10.7 Å². The van der Waals surface area contributed by atoms with E-state index in [1.165, 1.54) is 25.5 Å². The van der Waals surface area contributed by atoms with Crippen LogP contribution in [0.25, 0.3) is 0 Å². The monoisotopic (exact) mass is 408 g/mol. The number of nitrogens with zero attached hydrogens (tertiary/aromatic N) is 3. The number of rotatable bonds is 9. The number of aromatic nitrogens is 1. The summed E-state index contributed by atoms with van der Waals surface area (Å²) in [5.74, 6) is 0.451. The summed E-state index contributed by atoms with van der Waals surface area (Å²) in [5.41, 5.74) is 0.373. The molecule has 1 amide bonds. The zero-order valence-corrected chi connectivity index (χ0v) is 17.8. The number of amides is 1. The molecular formula is C21H36N4O4. The summed E-state index contributed by atoms with van der Waals surface area (Å²) in [7, 11) is 0. The Hall–Kier alpha value is -1.48. The van der Waals surface area contributed by atoms with Crippen molar-refractivity contribution in [3.63, 3.8) is 0 Å². The Morgan fingerprint density at radius 2 is 1.93 bits per heavy atom. The van der Waals surface area contributed by atoms with Crippen LogP contribution in [0.2, 0.25) is 0 Å². The van der Waals surface area contributed by atoms with E-state index in [2.05, 4.69) is 20.1 Å². The van der Waals surface area contributed by atoms with Gasteiger partial charge in [-0.1, -0.05) is 19.3 Å². The second-order valence-electron chi connectivity index (χ2n) is 8.55. The van der Waals surface area contributed by atoms with Crippen molar-refractivity contribution in [3.8, 4) is 0 Å². The first-order chi connectivity index (χ1) is 14.0. The zero-order valence-electron chi connectivity index (χ0n) is 17.8. The van der Waals surface area contributed by atoms with Crippen LogP contribution in [-0.4, -0.2) is 83.4 Å². The molecule has 0 bridgehead atoms. The van der Waals surface area contributed by atoms with E-state index >= 15 is 0 Å². The highest BCUT2D eigenvalue weighted by atomic mass is 16.5. The normalized spacial score (nSPS) is 20.8. The molecule has 8 nitrogen and oxygen atoms in total. The third-order valence-electron chi connectivity index (χ3n) is 5.64. The minimum Gasteiger partial charge on any atom is -0.447 e. The number of aliphatic hydroxyl groups is 1. The fourth-order valence-corrected chi connectivity index (χ4v) is 3.97. The van der Waals surface area contributed by atoms with E-state index in [0.29, 0.717) is 31.3 Å². The van der Waals surface area contributed by atoms with Crippen LogP contribution in [0.5, 0.6) is 0 Å². The van der Waals surface area contributed by atoms with Gasteiger partial charge < -0.3 is 19.6 Å². The molecule has 29 heavy (non-hydrogen) atoms. The first-order valence-electron chi connectivity index (χ1n) is 11.0. The van der Waals surface area contributed by atoms with Crippen LogP contribution in [0.4, 0.5) is 0 Å². The van der Waals surface area contributed by atoms with Gasteiger partial charge in [0.15, 0.2) is 5.69 Å². The van der Waals surface area contributed by atoms with Gasteiger partial charge in [0.2, 0.25) is 5.89 Å². The molecule has 0 spiro atoms. The smallest absolute Gasteiger partial charge is 0.273 e. The lowest BCUT2D eigenvalue weighted by atomic mass is 9.95. The number of β-amino-alcohol motifs (C(OH)–C–C–N with tert-alkyl or cyclic N) is 1. The highest BCUT2D eigenvalue weighted by Gasteiger charge is 2.22. The second kappa shape index (κ2) is 11.1. The van der Waals surface area contributed by atoms with E-state index in [9.17, 15) is 9.90 Å². The van der Waals surface area contributed by atoms with Crippen molar-refractivity contribution in [1.82, 2.24) is 20.1 Å². The molecule has 2 fully saturated rings. The molecule has 1 aliphatic carbocycles. The van der Waals surface area contributed by atoms with Crippen molar-refractivity contribution in [2.75, 3.05) is 39.3 Å². The van der Waals surface area contributed by atoms with Gasteiger partial charge in [0, 0.05) is 38.8 Å². The van der Waals surface area contributed by atoms with Crippen LogP contribution < -0.4 is 5.32 Å². The minimum atomic E-state index is -0.457. The Morgan fingerprint density at radius 3 is 2.62 bits per heavy atom. The number of hydrogen-bond donors (Lipinski definition) is 2. The van der Waals surface area contributed by atoms with Gasteiger partial charge in [0.25, 0.3) is 5.91 Å². The van der Waals surface area contributed by atoms with Gasteiger partial charge in [0.1, 0.15) is 6.26 Å². The molecule has 3 rings (SSSR count). The number of piperazine rings is 1. The molecule has 2 aliphatic rings. The molecule has 2 N–H and O–H groups in total. The van der Waals surface area contributed by atoms with Gasteiger partial charge >= 0.3 is 0 Å². The van der Waals surface area contributed by atoms with Crippen molar-refractivity contribution in [3.05, 3.63) is 17.8 Å². The fourth-order valence-electron chi connectivity index (χ4n) is 3.97. The van der Waals surface area contributed by atoms with Crippen molar-refractivity contribution >= 4 is 5.91 Å². The average molecular weight is 409 g/mol. The van der Waals surface area contributed by atoms with Crippen LogP contribution in [-0.2, 0) is 11.3 Å². The quantitative estimate of drug-likeness (QED) is 0.642. The number of ether oxygens (including phenoxy) is 1. The summed E-state index contributed by atoms with van der Waals surface area (Å²) in [6, 6.07) is 0.269. The highest BCUT2D eigenvalue weighted by molar-refractivity contribution is 5.92. The maximum Gasteiger partial charge on any atom is 0.273 e. The highest BCUT2D eigenvalue weighted by Crippen LogP contribution is 2.18. The predicted molar refractivity (Wildman–Crippen MR) is 110 cm³/mol. The molecule has 1 saturated carbocycles. The molecule has 1 atom stereocenters. The van der Waals surface area contributed by atoms with Crippen molar-refractivity contribution in [2.24, 2.45) is 0 Å². The third kappa shape index (κ3) is 7.37. The first kappa shape index (κ1) is 22.2. The number of carbonyl (C=O) groups is 1. The van der Waals surface area contributed by atoms with Crippen LogP contribution in [0.1, 0.15) is 62.3 Å². The van der Waals surface area contributed by atoms with E-state index in [1.54, 1.807) is 0 Å². The van der Waals surface area contributed by atoms with Crippen LogP contribution in [0.3, 0.4) is 0 Å². The molecule has 1 aliphatic heterocycles. The lowest BCUT2D eigenvalue weighted by Gasteiger charge is -2.35. The molecule has 1 aromatic heterocycles. The minimum absolute atomic E-state index is 0.130. The zero-order chi connectivity index (χ0) is 20.6. The van der Waals surface area contributed by atoms with Gasteiger partial charge in [-0.3, -0.25) is 14.6 Å². The first-order valence-corrected chi connectivity index (χ1v) is 11.0. The summed E-state index contributed by atoms with van der Waals surface area (Å²) in [4.78, 5) is 21.3. The Labute approximate surface area is 173 Å². The third-order valence-corrected chi connectivity index (χ3v) is 5.64. The molecule has 8 heteroatoms. The lowest BCUT2D eigenvalue weighted by molar-refractivity contribution is -0.0151. The Bertz CT molecular complexity index is 622. The molecule has 2 heterocycles. The Morgan fingerprint density at radius 1 is 1.24 bits per heavy atom. The molecule has 1 aromatic rings. The largest absolute Gasteiger partial charge is 0.447 e. The molecule has 0 unspecified atom stereocenters. The summed E-state index contributed by atoms with van der Waals surface area (Å²) in [6.07, 6.45) is 6.88. The summed E-state index contributed by atoms with van der Waals surface area (Å²) >= 11 is 0.